The molecular formula is C10H10Cl3N3. The largest absolute Gasteiger partial charge is 0.370 e. The molecule has 0 spiro atoms. The Hall–Kier alpha value is -0.690. The van der Waals surface area contributed by atoms with Gasteiger partial charge < -0.3 is 4.90 Å². The number of anilines is 1. The van der Waals surface area contributed by atoms with Crippen molar-refractivity contribution < 1.29 is 0 Å². The lowest BCUT2D eigenvalue weighted by Crippen LogP contribution is -2.23. The summed E-state index contributed by atoms with van der Waals surface area (Å²) in [5.74, 6) is 0. The van der Waals surface area contributed by atoms with Crippen molar-refractivity contribution in [3.8, 4) is 6.07 Å². The van der Waals surface area contributed by atoms with Gasteiger partial charge in [0.2, 0.25) is 0 Å². The molecule has 1 aromatic heterocycles. The normalized spacial score (nSPS) is 10.0. The van der Waals surface area contributed by atoms with Crippen molar-refractivity contribution >= 4 is 40.5 Å². The molecule has 0 saturated carbocycles. The highest BCUT2D eigenvalue weighted by Gasteiger charge is 2.19. The van der Waals surface area contributed by atoms with Crippen LogP contribution in [-0.2, 0) is 0 Å². The van der Waals surface area contributed by atoms with Gasteiger partial charge in [-0.05, 0) is 13.8 Å². The van der Waals surface area contributed by atoms with Gasteiger partial charge in [-0.2, -0.15) is 5.26 Å². The van der Waals surface area contributed by atoms with Crippen molar-refractivity contribution in [2.75, 3.05) is 18.0 Å². The first-order valence-corrected chi connectivity index (χ1v) is 5.89. The number of hydrogen-bond acceptors (Lipinski definition) is 3. The van der Waals surface area contributed by atoms with Gasteiger partial charge in [0.05, 0.1) is 5.69 Å². The van der Waals surface area contributed by atoms with Gasteiger partial charge in [0.25, 0.3) is 0 Å². The number of nitriles is 1. The molecule has 0 aliphatic carbocycles. The van der Waals surface area contributed by atoms with Crippen LogP contribution in [0, 0.1) is 11.3 Å². The fourth-order valence-electron chi connectivity index (χ4n) is 1.39. The van der Waals surface area contributed by atoms with E-state index in [-0.39, 0.29) is 20.9 Å². The predicted molar refractivity (Wildman–Crippen MR) is 67.5 cm³/mol. The number of hydrogen-bond donors (Lipinski definition) is 0. The maximum Gasteiger partial charge on any atom is 0.163 e. The van der Waals surface area contributed by atoms with Gasteiger partial charge in [-0.25, -0.2) is 4.98 Å². The van der Waals surface area contributed by atoms with E-state index >= 15 is 0 Å². The second-order valence-corrected chi connectivity index (χ2v) is 4.13. The molecule has 3 nitrogen and oxygen atoms in total. The lowest BCUT2D eigenvalue weighted by Gasteiger charge is -2.23. The average molecular weight is 279 g/mol. The molecule has 0 N–H and O–H groups in total. The summed E-state index contributed by atoms with van der Waals surface area (Å²) in [6.07, 6.45) is 0. The van der Waals surface area contributed by atoms with E-state index in [9.17, 15) is 0 Å². The molecule has 0 unspecified atom stereocenters. The van der Waals surface area contributed by atoms with Crippen molar-refractivity contribution in [2.45, 2.75) is 13.8 Å². The summed E-state index contributed by atoms with van der Waals surface area (Å²) in [5.41, 5.74) is 0.669. The molecule has 0 fully saturated rings. The van der Waals surface area contributed by atoms with Crippen LogP contribution in [0.25, 0.3) is 0 Å². The quantitative estimate of drug-likeness (QED) is 0.790. The molecule has 0 atom stereocenters. The molecule has 0 aromatic carbocycles. The second kappa shape index (κ2) is 5.58. The number of pyridine rings is 1. The topological polar surface area (TPSA) is 39.9 Å². The number of nitrogens with zero attached hydrogens (tertiary/aromatic N) is 3. The fraction of sp³-hybridized carbons (Fsp3) is 0.400. The molecule has 16 heavy (non-hydrogen) atoms. The molecule has 0 radical (unpaired) electrons. The Bertz CT molecular complexity index is 436. The zero-order chi connectivity index (χ0) is 12.3. The Balaban J connectivity index is 3.47. The van der Waals surface area contributed by atoms with E-state index in [0.717, 1.165) is 13.1 Å². The van der Waals surface area contributed by atoms with Crippen LogP contribution in [0.2, 0.25) is 15.2 Å². The highest BCUT2D eigenvalue weighted by Crippen LogP contribution is 2.38. The monoisotopic (exact) mass is 277 g/mol. The maximum atomic E-state index is 8.87. The van der Waals surface area contributed by atoms with Crippen LogP contribution in [0.4, 0.5) is 5.69 Å². The van der Waals surface area contributed by atoms with Gasteiger partial charge in [-0.15, -0.1) is 0 Å². The minimum Gasteiger partial charge on any atom is -0.370 e. The van der Waals surface area contributed by atoms with Gasteiger partial charge >= 0.3 is 0 Å². The summed E-state index contributed by atoms with van der Waals surface area (Å²) in [7, 11) is 0. The molecule has 1 aromatic rings. The van der Waals surface area contributed by atoms with Crippen LogP contribution in [0.3, 0.4) is 0 Å². The van der Waals surface area contributed by atoms with Gasteiger partial charge in [0.1, 0.15) is 16.1 Å². The van der Waals surface area contributed by atoms with Crippen molar-refractivity contribution in [2.24, 2.45) is 0 Å². The summed E-state index contributed by atoms with van der Waals surface area (Å²) in [6.45, 7) is 5.38. The Morgan fingerprint density at radius 2 is 1.75 bits per heavy atom. The predicted octanol–water partition coefficient (Wildman–Crippen LogP) is 3.76. The van der Waals surface area contributed by atoms with Crippen LogP contribution >= 0.6 is 34.8 Å². The lowest BCUT2D eigenvalue weighted by molar-refractivity contribution is 0.864. The molecule has 1 rings (SSSR count). The summed E-state index contributed by atoms with van der Waals surface area (Å²) >= 11 is 18.0. The summed E-state index contributed by atoms with van der Waals surface area (Å²) < 4.78 is 0. The zero-order valence-corrected chi connectivity index (χ0v) is 11.2. The van der Waals surface area contributed by atoms with Gasteiger partial charge in [0.15, 0.2) is 10.8 Å². The third-order valence-corrected chi connectivity index (χ3v) is 3.29. The number of halogens is 3. The summed E-state index contributed by atoms with van der Waals surface area (Å²) in [6, 6.07) is 1.89. The Kier molecular flexibility index (Phi) is 4.67. The first-order valence-electron chi connectivity index (χ1n) is 4.76. The Morgan fingerprint density at radius 1 is 1.19 bits per heavy atom. The van der Waals surface area contributed by atoms with Crippen LogP contribution < -0.4 is 4.90 Å². The third kappa shape index (κ3) is 2.35. The second-order valence-electron chi connectivity index (χ2n) is 3.01. The van der Waals surface area contributed by atoms with Crippen molar-refractivity contribution in [3.63, 3.8) is 0 Å². The maximum absolute atomic E-state index is 8.87. The smallest absolute Gasteiger partial charge is 0.163 e. The number of rotatable bonds is 3. The van der Waals surface area contributed by atoms with E-state index in [1.165, 1.54) is 0 Å². The number of aromatic nitrogens is 1. The van der Waals surface area contributed by atoms with Crippen molar-refractivity contribution in [1.82, 2.24) is 4.98 Å². The van der Waals surface area contributed by atoms with E-state index in [1.807, 2.05) is 24.8 Å². The molecule has 1 heterocycles. The van der Waals surface area contributed by atoms with Crippen LogP contribution in [0.1, 0.15) is 19.5 Å². The first kappa shape index (κ1) is 13.4. The molecule has 0 aliphatic rings. The van der Waals surface area contributed by atoms with E-state index in [4.69, 9.17) is 40.1 Å². The molecule has 86 valence electrons. The highest BCUT2D eigenvalue weighted by molar-refractivity contribution is 6.45. The molecule has 0 bridgehead atoms. The van der Waals surface area contributed by atoms with Crippen molar-refractivity contribution in [1.29, 1.82) is 5.26 Å². The lowest BCUT2D eigenvalue weighted by atomic mass is 10.3. The zero-order valence-electron chi connectivity index (χ0n) is 8.89. The van der Waals surface area contributed by atoms with Gasteiger partial charge in [-0.1, -0.05) is 34.8 Å². The summed E-state index contributed by atoms with van der Waals surface area (Å²) in [4.78, 5) is 5.75. The minimum atomic E-state index is 0.0953. The van der Waals surface area contributed by atoms with Crippen LogP contribution in [0.5, 0.6) is 0 Å². The van der Waals surface area contributed by atoms with Crippen LogP contribution in [-0.4, -0.2) is 18.1 Å². The molecule has 6 heteroatoms. The van der Waals surface area contributed by atoms with E-state index in [0.29, 0.717) is 5.69 Å². The summed E-state index contributed by atoms with van der Waals surface area (Å²) in [5, 5.41) is 9.51. The Morgan fingerprint density at radius 3 is 2.19 bits per heavy atom. The van der Waals surface area contributed by atoms with E-state index < -0.39 is 0 Å². The SMILES string of the molecule is CCN(CC)c1c(Cl)c(Cl)nc(C#N)c1Cl. The standard InChI is InChI=1S/C10H10Cl3N3/c1-3-16(4-2)9-7(11)6(5-14)15-10(13)8(9)12/h3-4H2,1-2H3. The van der Waals surface area contributed by atoms with Crippen molar-refractivity contribution in [3.05, 3.63) is 20.9 Å². The third-order valence-electron chi connectivity index (χ3n) is 2.20. The molecule has 0 saturated heterocycles. The highest BCUT2D eigenvalue weighted by atomic mass is 35.5. The van der Waals surface area contributed by atoms with Gasteiger partial charge in [0, 0.05) is 13.1 Å². The van der Waals surface area contributed by atoms with Crippen LogP contribution in [0.15, 0.2) is 0 Å². The Labute approximate surface area is 110 Å². The fourth-order valence-corrected chi connectivity index (χ4v) is 2.17. The van der Waals surface area contributed by atoms with Gasteiger partial charge in [-0.3, -0.25) is 0 Å². The average Bonchev–Trinajstić information content (AvgIpc) is 2.29. The molecule has 0 aliphatic heterocycles. The molecule has 0 amide bonds. The molecular weight excluding hydrogens is 268 g/mol. The minimum absolute atomic E-state index is 0.0953. The van der Waals surface area contributed by atoms with E-state index in [2.05, 4.69) is 4.98 Å². The first-order chi connectivity index (χ1) is 7.56. The van der Waals surface area contributed by atoms with E-state index in [1.54, 1.807) is 0 Å².